The van der Waals surface area contributed by atoms with Gasteiger partial charge in [0.15, 0.2) is 0 Å². The molecule has 0 unspecified atom stereocenters. The Hall–Kier alpha value is -2.32. The molecular weight excluding hydrogens is 398 g/mol. The van der Waals surface area contributed by atoms with Crippen molar-refractivity contribution in [2.45, 2.75) is 26.2 Å². The van der Waals surface area contributed by atoms with Gasteiger partial charge in [-0.3, -0.25) is 19.3 Å². The fourth-order valence-corrected chi connectivity index (χ4v) is 4.42. The number of ether oxygens (including phenoxy) is 1. The zero-order valence-electron chi connectivity index (χ0n) is 16.7. The van der Waals surface area contributed by atoms with Gasteiger partial charge in [0.1, 0.15) is 5.75 Å². The number of carboxylic acids is 1. The van der Waals surface area contributed by atoms with Crippen LogP contribution in [-0.2, 0) is 14.4 Å². The van der Waals surface area contributed by atoms with Crippen molar-refractivity contribution in [1.82, 2.24) is 10.2 Å². The number of carbonyl (C=O) groups is 3. The summed E-state index contributed by atoms with van der Waals surface area (Å²) in [7, 11) is 1.53. The molecule has 1 saturated heterocycles. The Labute approximate surface area is 176 Å². The first-order valence-corrected chi connectivity index (χ1v) is 9.51. The zero-order valence-corrected chi connectivity index (χ0v) is 17.5. The van der Waals surface area contributed by atoms with E-state index in [0.29, 0.717) is 30.9 Å². The number of fused-ring (bicyclic) bond motifs is 1. The van der Waals surface area contributed by atoms with Crippen LogP contribution < -0.4 is 15.4 Å². The minimum Gasteiger partial charge on any atom is -0.495 e. The number of aliphatic carboxylic acids is 1. The molecule has 160 valence electrons. The van der Waals surface area contributed by atoms with E-state index in [4.69, 9.17) is 4.74 Å². The molecule has 3 rings (SSSR count). The van der Waals surface area contributed by atoms with Crippen LogP contribution >= 0.6 is 12.4 Å². The first-order valence-electron chi connectivity index (χ1n) is 9.51. The van der Waals surface area contributed by atoms with E-state index in [0.717, 1.165) is 18.4 Å². The van der Waals surface area contributed by atoms with Gasteiger partial charge in [-0.25, -0.2) is 0 Å². The molecule has 0 radical (unpaired) electrons. The van der Waals surface area contributed by atoms with E-state index in [2.05, 4.69) is 10.6 Å². The van der Waals surface area contributed by atoms with Crippen molar-refractivity contribution in [3.05, 3.63) is 23.8 Å². The molecule has 1 aromatic rings. The summed E-state index contributed by atoms with van der Waals surface area (Å²) in [6.07, 6.45) is 2.50. The van der Waals surface area contributed by atoms with Gasteiger partial charge >= 0.3 is 5.97 Å². The van der Waals surface area contributed by atoms with E-state index >= 15 is 0 Å². The molecule has 1 aliphatic heterocycles. The number of aryl methyl sites for hydroxylation is 1. The Morgan fingerprint density at radius 1 is 1.31 bits per heavy atom. The molecule has 2 atom stereocenters. The lowest BCUT2D eigenvalue weighted by Gasteiger charge is -2.23. The second-order valence-electron chi connectivity index (χ2n) is 7.75. The molecule has 9 heteroatoms. The van der Waals surface area contributed by atoms with Gasteiger partial charge in [-0.15, -0.1) is 12.4 Å². The highest BCUT2D eigenvalue weighted by Crippen LogP contribution is 2.48. The number of likely N-dealkylation sites (tertiary alicyclic amines) is 1. The Morgan fingerprint density at radius 3 is 2.72 bits per heavy atom. The van der Waals surface area contributed by atoms with Gasteiger partial charge in [-0.1, -0.05) is 12.5 Å². The molecule has 29 heavy (non-hydrogen) atoms. The van der Waals surface area contributed by atoms with E-state index in [1.54, 1.807) is 12.1 Å². The smallest absolute Gasteiger partial charge is 0.311 e. The van der Waals surface area contributed by atoms with Crippen molar-refractivity contribution in [3.63, 3.8) is 0 Å². The van der Waals surface area contributed by atoms with E-state index < -0.39 is 11.4 Å². The van der Waals surface area contributed by atoms with Crippen LogP contribution in [-0.4, -0.2) is 61.1 Å². The SMILES string of the molecule is COc1ccc(C)cc1NC(=O)CNC(=O)CN1C[C@@H]2CCC[C@@]2(C(=O)O)C1.Cl. The maximum absolute atomic E-state index is 12.2. The van der Waals surface area contributed by atoms with Crippen LogP contribution in [0.4, 0.5) is 5.69 Å². The van der Waals surface area contributed by atoms with Crippen LogP contribution in [0.25, 0.3) is 0 Å². The molecule has 1 heterocycles. The average molecular weight is 426 g/mol. The van der Waals surface area contributed by atoms with Crippen molar-refractivity contribution < 1.29 is 24.2 Å². The normalized spacial score (nSPS) is 23.0. The third kappa shape index (κ3) is 5.00. The highest BCUT2D eigenvalue weighted by molar-refractivity contribution is 5.96. The average Bonchev–Trinajstić information content (AvgIpc) is 3.18. The monoisotopic (exact) mass is 425 g/mol. The van der Waals surface area contributed by atoms with Crippen molar-refractivity contribution in [2.24, 2.45) is 11.3 Å². The predicted octanol–water partition coefficient (Wildman–Crippen LogP) is 1.67. The topological polar surface area (TPSA) is 108 Å². The van der Waals surface area contributed by atoms with Crippen LogP contribution in [0.2, 0.25) is 0 Å². The van der Waals surface area contributed by atoms with Crippen LogP contribution in [0.3, 0.4) is 0 Å². The lowest BCUT2D eigenvalue weighted by atomic mass is 9.81. The van der Waals surface area contributed by atoms with Crippen molar-refractivity contribution in [3.8, 4) is 5.75 Å². The molecular formula is C20H28ClN3O5. The van der Waals surface area contributed by atoms with Gasteiger partial charge in [-0.05, 0) is 43.4 Å². The summed E-state index contributed by atoms with van der Waals surface area (Å²) in [5.41, 5.74) is 0.823. The number of amides is 2. The van der Waals surface area contributed by atoms with Crippen LogP contribution in [0.5, 0.6) is 5.75 Å². The number of halogens is 1. The second-order valence-corrected chi connectivity index (χ2v) is 7.75. The van der Waals surface area contributed by atoms with Crippen LogP contribution in [0.1, 0.15) is 24.8 Å². The van der Waals surface area contributed by atoms with Gasteiger partial charge in [0.05, 0.1) is 31.3 Å². The number of nitrogens with zero attached hydrogens (tertiary/aromatic N) is 1. The van der Waals surface area contributed by atoms with E-state index in [1.807, 2.05) is 17.9 Å². The molecule has 2 aliphatic rings. The first kappa shape index (κ1) is 23.0. The van der Waals surface area contributed by atoms with Crippen molar-refractivity contribution >= 4 is 35.9 Å². The summed E-state index contributed by atoms with van der Waals surface area (Å²) in [5, 5.41) is 15.0. The van der Waals surface area contributed by atoms with Gasteiger partial charge < -0.3 is 20.5 Å². The summed E-state index contributed by atoms with van der Waals surface area (Å²) in [6, 6.07) is 5.45. The van der Waals surface area contributed by atoms with Crippen LogP contribution in [0.15, 0.2) is 18.2 Å². The fraction of sp³-hybridized carbons (Fsp3) is 0.550. The number of nitrogens with one attached hydrogen (secondary N) is 2. The number of carbonyl (C=O) groups excluding carboxylic acids is 2. The highest BCUT2D eigenvalue weighted by Gasteiger charge is 2.54. The lowest BCUT2D eigenvalue weighted by Crippen LogP contribution is -2.41. The fourth-order valence-electron chi connectivity index (χ4n) is 4.42. The van der Waals surface area contributed by atoms with Gasteiger partial charge in [0, 0.05) is 13.1 Å². The van der Waals surface area contributed by atoms with Crippen LogP contribution in [0, 0.1) is 18.3 Å². The zero-order chi connectivity index (χ0) is 20.3. The summed E-state index contributed by atoms with van der Waals surface area (Å²) >= 11 is 0. The predicted molar refractivity (Wildman–Crippen MR) is 110 cm³/mol. The van der Waals surface area contributed by atoms with E-state index in [1.165, 1.54) is 7.11 Å². The van der Waals surface area contributed by atoms with Gasteiger partial charge in [0.25, 0.3) is 0 Å². The second kappa shape index (κ2) is 9.45. The number of hydrogen-bond donors (Lipinski definition) is 3. The highest BCUT2D eigenvalue weighted by atomic mass is 35.5. The standard InChI is InChI=1S/C20H27N3O5.ClH/c1-13-5-6-16(28-2)15(8-13)22-17(24)9-21-18(25)11-23-10-14-4-3-7-20(14,12-23)19(26)27;/h5-6,8,14H,3-4,7,9-12H2,1-2H3,(H,21,25)(H,22,24)(H,26,27);1H/t14-,20+;/m0./s1. The van der Waals surface area contributed by atoms with E-state index in [-0.39, 0.29) is 43.2 Å². The molecule has 3 N–H and O–H groups in total. The number of hydrogen-bond acceptors (Lipinski definition) is 5. The number of anilines is 1. The van der Waals surface area contributed by atoms with Gasteiger partial charge in [0.2, 0.25) is 11.8 Å². The van der Waals surface area contributed by atoms with E-state index in [9.17, 15) is 19.5 Å². The minimum absolute atomic E-state index is 0. The number of methoxy groups -OCH3 is 1. The number of rotatable bonds is 7. The van der Waals surface area contributed by atoms with Crippen molar-refractivity contribution in [2.75, 3.05) is 38.6 Å². The molecule has 0 bridgehead atoms. The Morgan fingerprint density at radius 2 is 2.07 bits per heavy atom. The summed E-state index contributed by atoms with van der Waals surface area (Å²) < 4.78 is 5.22. The molecule has 0 aromatic heterocycles. The minimum atomic E-state index is -0.760. The third-order valence-electron chi connectivity index (χ3n) is 5.81. The maximum atomic E-state index is 12.2. The van der Waals surface area contributed by atoms with Crippen molar-refractivity contribution in [1.29, 1.82) is 0 Å². The molecule has 2 amide bonds. The Kier molecular flexibility index (Phi) is 7.48. The lowest BCUT2D eigenvalue weighted by molar-refractivity contribution is -0.149. The number of benzene rings is 1. The molecule has 0 spiro atoms. The summed E-state index contributed by atoms with van der Waals surface area (Å²) in [6.45, 7) is 2.87. The Balaban J connectivity index is 0.00000300. The largest absolute Gasteiger partial charge is 0.495 e. The number of carboxylic acid groups (broad SMARTS) is 1. The summed E-state index contributed by atoms with van der Waals surface area (Å²) in [5.74, 6) is -0.739. The quantitative estimate of drug-likeness (QED) is 0.613. The first-order chi connectivity index (χ1) is 13.3. The molecule has 2 fully saturated rings. The Bertz CT molecular complexity index is 787. The molecule has 1 aromatic carbocycles. The van der Waals surface area contributed by atoms with Gasteiger partial charge in [-0.2, -0.15) is 0 Å². The third-order valence-corrected chi connectivity index (χ3v) is 5.81. The molecule has 8 nitrogen and oxygen atoms in total. The molecule has 1 aliphatic carbocycles. The molecule has 1 saturated carbocycles. The summed E-state index contributed by atoms with van der Waals surface area (Å²) in [4.78, 5) is 38.0. The maximum Gasteiger partial charge on any atom is 0.311 e.